The van der Waals surface area contributed by atoms with Crippen molar-refractivity contribution in [2.24, 2.45) is 0 Å². The van der Waals surface area contributed by atoms with Gasteiger partial charge in [-0.15, -0.1) is 0 Å². The predicted molar refractivity (Wildman–Crippen MR) is 169 cm³/mol. The Morgan fingerprint density at radius 2 is 1.26 bits per heavy atom. The van der Waals surface area contributed by atoms with Gasteiger partial charge in [0, 0.05) is 0 Å². The van der Waals surface area contributed by atoms with E-state index < -0.39 is 7.26 Å². The smallest absolute Gasteiger partial charge is 0.123 e. The van der Waals surface area contributed by atoms with Crippen molar-refractivity contribution >= 4 is 29.3 Å². The van der Waals surface area contributed by atoms with Crippen LogP contribution >= 0.6 is 7.26 Å². The van der Waals surface area contributed by atoms with Gasteiger partial charge in [0.15, 0.2) is 0 Å². The first-order valence-electron chi connectivity index (χ1n) is 13.2. The molecular weight excluding hydrogens is 479 g/mol. The molecule has 0 heterocycles. The molecule has 0 atom stereocenters. The molecule has 38 heavy (non-hydrogen) atoms. The van der Waals surface area contributed by atoms with E-state index in [9.17, 15) is 0 Å². The number of ether oxygens (including phenoxy) is 1. The second kappa shape index (κ2) is 12.7. The van der Waals surface area contributed by atoms with Gasteiger partial charge in [-0.05, 0) is 98.5 Å². The molecule has 0 aromatic heterocycles. The van der Waals surface area contributed by atoms with E-state index in [-0.39, 0.29) is 0 Å². The summed E-state index contributed by atoms with van der Waals surface area (Å²) in [4.78, 5) is 0. The minimum atomic E-state index is -1.88. The summed E-state index contributed by atoms with van der Waals surface area (Å²) >= 11 is 0. The number of benzene rings is 4. The van der Waals surface area contributed by atoms with E-state index in [2.05, 4.69) is 150 Å². The van der Waals surface area contributed by atoms with Crippen molar-refractivity contribution in [2.45, 2.75) is 27.7 Å². The molecule has 0 saturated heterocycles. The van der Waals surface area contributed by atoms with Crippen LogP contribution in [0.25, 0.3) is 6.08 Å². The fourth-order valence-corrected chi connectivity index (χ4v) is 9.13. The van der Waals surface area contributed by atoms with E-state index in [1.165, 1.54) is 43.7 Å². The van der Waals surface area contributed by atoms with Crippen LogP contribution in [0.1, 0.15) is 29.2 Å². The van der Waals surface area contributed by atoms with Crippen LogP contribution < -0.4 is 20.7 Å². The lowest BCUT2D eigenvalue weighted by Gasteiger charge is -2.26. The first-order valence-corrected chi connectivity index (χ1v) is 15.2. The summed E-state index contributed by atoms with van der Waals surface area (Å²) in [7, 11) is -1.88. The number of allylic oxidation sites excluding steroid dienone is 3. The molecule has 0 saturated carbocycles. The summed E-state index contributed by atoms with van der Waals surface area (Å²) in [5.41, 5.74) is 6.18. The Labute approximate surface area is 229 Å². The lowest BCUT2D eigenvalue weighted by molar-refractivity contribution is 0.360. The molecule has 0 fully saturated rings. The zero-order valence-corrected chi connectivity index (χ0v) is 23.9. The Morgan fingerprint density at radius 1 is 0.763 bits per heavy atom. The molecule has 2 heteroatoms. The highest BCUT2D eigenvalue weighted by atomic mass is 31.2. The lowest BCUT2D eigenvalue weighted by atomic mass is 9.96. The maximum Gasteiger partial charge on any atom is 0.123 e. The van der Waals surface area contributed by atoms with Gasteiger partial charge in [-0.25, -0.2) is 0 Å². The lowest BCUT2D eigenvalue weighted by Crippen LogP contribution is -2.33. The van der Waals surface area contributed by atoms with Crippen molar-refractivity contribution < 1.29 is 4.74 Å². The van der Waals surface area contributed by atoms with Crippen LogP contribution in [0.5, 0.6) is 5.75 Å². The van der Waals surface area contributed by atoms with E-state index >= 15 is 0 Å². The molecule has 0 radical (unpaired) electrons. The van der Waals surface area contributed by atoms with Gasteiger partial charge in [-0.1, -0.05) is 85.0 Å². The molecule has 0 aliphatic rings. The summed E-state index contributed by atoms with van der Waals surface area (Å²) in [5, 5.41) is 4.22. The van der Waals surface area contributed by atoms with Gasteiger partial charge in [-0.3, -0.25) is 0 Å². The second-order valence-electron chi connectivity index (χ2n) is 9.74. The highest BCUT2D eigenvalue weighted by molar-refractivity contribution is 7.95. The minimum absolute atomic E-state index is 0.520. The second-order valence-corrected chi connectivity index (χ2v) is 13.3. The molecule has 0 aliphatic heterocycles. The topological polar surface area (TPSA) is 9.23 Å². The van der Waals surface area contributed by atoms with Crippen LogP contribution in [-0.2, 0) is 0 Å². The SMILES string of the molecule is C=CCOc1cc(C)c(C=CC(C)=CC[P+](c2ccccc2)(c2ccccc2)c2ccccc2)c(C)c1C. The molecular formula is C36H38OP+. The average molecular weight is 518 g/mol. The highest BCUT2D eigenvalue weighted by Gasteiger charge is 2.44. The number of aryl methyl sites for hydroxylation is 1. The Balaban J connectivity index is 1.74. The average Bonchev–Trinajstić information content (AvgIpc) is 2.96. The van der Waals surface area contributed by atoms with Crippen LogP contribution in [0.4, 0.5) is 0 Å². The molecule has 0 aliphatic carbocycles. The van der Waals surface area contributed by atoms with Gasteiger partial charge in [0.05, 0.1) is 6.16 Å². The van der Waals surface area contributed by atoms with Crippen LogP contribution in [0, 0.1) is 20.8 Å². The normalized spacial score (nSPS) is 12.1. The maximum absolute atomic E-state index is 5.88. The summed E-state index contributed by atoms with van der Waals surface area (Å²) < 4.78 is 5.88. The van der Waals surface area contributed by atoms with Gasteiger partial charge in [0.25, 0.3) is 0 Å². The van der Waals surface area contributed by atoms with Gasteiger partial charge in [0.1, 0.15) is 35.5 Å². The number of rotatable bonds is 10. The van der Waals surface area contributed by atoms with Gasteiger partial charge >= 0.3 is 0 Å². The van der Waals surface area contributed by atoms with Crippen molar-refractivity contribution in [1.82, 2.24) is 0 Å². The van der Waals surface area contributed by atoms with Crippen molar-refractivity contribution in [3.8, 4) is 5.75 Å². The summed E-state index contributed by atoms with van der Waals surface area (Å²) in [5.74, 6) is 0.937. The quantitative estimate of drug-likeness (QED) is 0.117. The van der Waals surface area contributed by atoms with Crippen molar-refractivity contribution in [3.63, 3.8) is 0 Å². The van der Waals surface area contributed by atoms with Gasteiger partial charge < -0.3 is 4.74 Å². The van der Waals surface area contributed by atoms with E-state index in [1.54, 1.807) is 6.08 Å². The van der Waals surface area contributed by atoms with E-state index in [1.807, 2.05) is 0 Å². The Hall–Kier alpha value is -3.67. The molecule has 0 spiro atoms. The molecule has 192 valence electrons. The fraction of sp³-hybridized carbons (Fsp3) is 0.167. The third-order valence-electron chi connectivity index (χ3n) is 7.26. The summed E-state index contributed by atoms with van der Waals surface area (Å²) in [6.07, 6.45) is 9.70. The van der Waals surface area contributed by atoms with E-state index in [0.717, 1.165) is 11.9 Å². The first-order chi connectivity index (χ1) is 18.5. The molecule has 4 rings (SSSR count). The van der Waals surface area contributed by atoms with E-state index in [0.29, 0.717) is 6.61 Å². The van der Waals surface area contributed by atoms with Gasteiger partial charge in [0.2, 0.25) is 0 Å². The zero-order chi connectivity index (χ0) is 27.0. The minimum Gasteiger partial charge on any atom is -0.489 e. The standard InChI is InChI=1S/C36H38OP/c1-6-25-37-36-27-29(3)35(30(4)31(36)5)23-22-28(2)24-26-38(32-16-10-7-11-17-32,33-18-12-8-13-19-33)34-20-14-9-15-21-34/h6-24,27H,1,25-26H2,2-5H3/q+1. The largest absolute Gasteiger partial charge is 0.489 e. The van der Waals surface area contributed by atoms with E-state index in [4.69, 9.17) is 4.74 Å². The molecule has 4 aromatic carbocycles. The van der Waals surface area contributed by atoms with Crippen molar-refractivity contribution in [1.29, 1.82) is 0 Å². The Kier molecular flexibility index (Phi) is 9.16. The first kappa shape index (κ1) is 27.4. The third-order valence-corrected chi connectivity index (χ3v) is 11.5. The molecule has 4 aromatic rings. The molecule has 0 amide bonds. The van der Waals surface area contributed by atoms with Crippen LogP contribution in [0.2, 0.25) is 0 Å². The zero-order valence-electron chi connectivity index (χ0n) is 23.0. The number of hydrogen-bond donors (Lipinski definition) is 0. The van der Waals surface area contributed by atoms with Crippen LogP contribution in [0.15, 0.2) is 127 Å². The molecule has 0 bridgehead atoms. The maximum atomic E-state index is 5.88. The Morgan fingerprint density at radius 3 is 1.74 bits per heavy atom. The van der Waals surface area contributed by atoms with Crippen LogP contribution in [-0.4, -0.2) is 12.8 Å². The summed E-state index contributed by atoms with van der Waals surface area (Å²) in [6, 6.07) is 35.3. The fourth-order valence-electron chi connectivity index (χ4n) is 4.99. The molecule has 0 unspecified atom stereocenters. The third kappa shape index (κ3) is 5.90. The van der Waals surface area contributed by atoms with Crippen molar-refractivity contribution in [2.75, 3.05) is 12.8 Å². The Bertz CT molecular complexity index is 1320. The predicted octanol–water partition coefficient (Wildman–Crippen LogP) is 8.13. The number of hydrogen-bond acceptors (Lipinski definition) is 1. The monoisotopic (exact) mass is 517 g/mol. The highest BCUT2D eigenvalue weighted by Crippen LogP contribution is 2.55. The van der Waals surface area contributed by atoms with Crippen molar-refractivity contribution in [3.05, 3.63) is 150 Å². The molecule has 0 N–H and O–H groups in total. The van der Waals surface area contributed by atoms with Crippen LogP contribution in [0.3, 0.4) is 0 Å². The molecule has 1 nitrogen and oxygen atoms in total. The van der Waals surface area contributed by atoms with Gasteiger partial charge in [-0.2, -0.15) is 0 Å². The summed E-state index contributed by atoms with van der Waals surface area (Å²) in [6.45, 7) is 13.0.